The molecule has 1 aromatic rings. The number of halogens is 6. The molecule has 0 unspecified atom stereocenters. The van der Waals surface area contributed by atoms with E-state index < -0.39 is 7.81 Å². The molecule has 0 aliphatic heterocycles. The predicted molar refractivity (Wildman–Crippen MR) is 199 cm³/mol. The van der Waals surface area contributed by atoms with Gasteiger partial charge in [0.05, 0.1) is 0 Å². The topological polar surface area (TPSA) is 3.88 Å². The van der Waals surface area contributed by atoms with E-state index in [-0.39, 0.29) is 0 Å². The zero-order valence-corrected chi connectivity index (χ0v) is 32.6. The molecule has 1 nitrogen and oxygen atoms in total. The first-order valence-electron chi connectivity index (χ1n) is 20.2. The Labute approximate surface area is 293 Å². The molecule has 0 bridgehead atoms. The van der Waals surface area contributed by atoms with E-state index in [2.05, 4.69) is 44.4 Å². The quantitative estimate of drug-likeness (QED) is 0.0312. The Morgan fingerprint density at radius 2 is 0.688 bits per heavy atom. The summed E-state index contributed by atoms with van der Waals surface area (Å²) in [5.74, 6) is 0. The molecule has 1 heterocycles. The van der Waals surface area contributed by atoms with Gasteiger partial charge in [-0.15, -0.1) is 0 Å². The molecule has 0 saturated heterocycles. The van der Waals surface area contributed by atoms with Gasteiger partial charge in [0.25, 0.3) is 0 Å². The minimum absolute atomic E-state index is 1.22. The Bertz CT molecular complexity index is 877. The van der Waals surface area contributed by atoms with Crippen LogP contribution in [0.3, 0.4) is 0 Å². The molecule has 0 aliphatic carbocycles. The Balaban J connectivity index is 0.00000282. The molecule has 0 aromatic carbocycles. The molecule has 1 aromatic heterocycles. The van der Waals surface area contributed by atoms with Crippen molar-refractivity contribution >= 4 is 7.81 Å². The van der Waals surface area contributed by atoms with E-state index in [4.69, 9.17) is 0 Å². The summed E-state index contributed by atoms with van der Waals surface area (Å²) in [5.41, 5.74) is 4.50. The number of rotatable bonds is 31. The van der Waals surface area contributed by atoms with Crippen LogP contribution in [0.4, 0.5) is 25.2 Å². The van der Waals surface area contributed by atoms with Crippen LogP contribution in [0.15, 0.2) is 12.1 Å². The van der Waals surface area contributed by atoms with Gasteiger partial charge < -0.3 is 0 Å². The van der Waals surface area contributed by atoms with Crippen molar-refractivity contribution in [1.29, 1.82) is 0 Å². The van der Waals surface area contributed by atoms with Crippen molar-refractivity contribution in [3.8, 4) is 0 Å². The van der Waals surface area contributed by atoms with Crippen LogP contribution < -0.4 is 4.57 Å². The predicted octanol–water partition coefficient (Wildman–Crippen LogP) is 16.9. The van der Waals surface area contributed by atoms with Crippen molar-refractivity contribution in [3.05, 3.63) is 29.1 Å². The van der Waals surface area contributed by atoms with Gasteiger partial charge in [-0.25, -0.2) is 4.57 Å². The van der Waals surface area contributed by atoms with Gasteiger partial charge in [-0.2, -0.15) is 0 Å². The zero-order chi connectivity index (χ0) is 36.1. The maximum absolute atomic E-state index is 10.7. The van der Waals surface area contributed by atoms with E-state index in [0.717, 1.165) is 0 Å². The van der Waals surface area contributed by atoms with Crippen LogP contribution in [0.1, 0.15) is 217 Å². The van der Waals surface area contributed by atoms with Crippen molar-refractivity contribution in [2.24, 2.45) is 0 Å². The number of nitrogens with zero attached hydrogens (tertiary/aromatic N) is 1. The second kappa shape index (κ2) is 26.9. The van der Waals surface area contributed by atoms with E-state index in [1.807, 2.05) is 0 Å². The van der Waals surface area contributed by atoms with Gasteiger partial charge in [0.2, 0.25) is 0 Å². The molecule has 1 rings (SSSR count). The van der Waals surface area contributed by atoms with Gasteiger partial charge in [0.1, 0.15) is 6.54 Å². The average molecular weight is 716 g/mol. The van der Waals surface area contributed by atoms with E-state index in [1.165, 1.54) is 210 Å². The summed E-state index contributed by atoms with van der Waals surface area (Å²) >= 11 is 0. The molecule has 0 radical (unpaired) electrons. The van der Waals surface area contributed by atoms with E-state index in [0.29, 0.717) is 0 Å². The number of unbranched alkanes of at least 4 members (excludes halogenated alkanes) is 27. The van der Waals surface area contributed by atoms with Crippen LogP contribution in [0.5, 0.6) is 0 Å². The van der Waals surface area contributed by atoms with E-state index >= 15 is 0 Å². The molecule has 288 valence electrons. The van der Waals surface area contributed by atoms with Crippen LogP contribution in [0.25, 0.3) is 0 Å². The second-order valence-electron chi connectivity index (χ2n) is 14.6. The first kappa shape index (κ1) is 47.2. The normalized spacial score (nSPS) is 13.2. The fourth-order valence-corrected chi connectivity index (χ4v) is 6.69. The summed E-state index contributed by atoms with van der Waals surface area (Å²) in [6, 6.07) is 4.86. The van der Waals surface area contributed by atoms with Crippen LogP contribution in [-0.4, -0.2) is 0 Å². The Hall–Kier alpha value is -0.840. The van der Waals surface area contributed by atoms with Gasteiger partial charge in [0.15, 0.2) is 11.4 Å². The van der Waals surface area contributed by atoms with Crippen LogP contribution in [0.2, 0.25) is 0 Å². The van der Waals surface area contributed by atoms with Gasteiger partial charge >= 0.3 is 33.0 Å². The summed E-state index contributed by atoms with van der Waals surface area (Å²) < 4.78 is 61.8. The maximum atomic E-state index is 9.87. The third-order valence-electron chi connectivity index (χ3n) is 9.38. The SMILES string of the molecule is CCCCCCCCCCCCCCCCCc1cc(C)cc(C)[n+]1CCCCCCCCCCCCCCCC.F[P-](F)(F)(F)(F)F. The molecule has 0 spiro atoms. The standard InChI is InChI=1S/C40H76N.F6P/c1-5-7-9-11-13-15-17-19-21-22-24-26-28-30-32-34-40-37-38(3)36-39(4)41(40)35-33-31-29-27-25-23-20-18-16-14-12-10-8-6-2;1-7(2,3,4,5)6/h36-37H,5-35H2,1-4H3;/q+1;-1. The number of pyridine rings is 1. The molecule has 0 saturated carbocycles. The average Bonchev–Trinajstić information content (AvgIpc) is 2.98. The number of aromatic nitrogens is 1. The monoisotopic (exact) mass is 716 g/mol. The zero-order valence-electron chi connectivity index (χ0n) is 31.7. The third kappa shape index (κ3) is 38.0. The Morgan fingerprint density at radius 3 is 1.00 bits per heavy atom. The van der Waals surface area contributed by atoms with Gasteiger partial charge in [-0.1, -0.05) is 181 Å². The van der Waals surface area contributed by atoms with Crippen molar-refractivity contribution in [3.63, 3.8) is 0 Å². The first-order chi connectivity index (χ1) is 22.6. The van der Waals surface area contributed by atoms with Crippen molar-refractivity contribution in [2.75, 3.05) is 0 Å². The molecule has 0 atom stereocenters. The molecule has 8 heteroatoms. The van der Waals surface area contributed by atoms with Crippen LogP contribution >= 0.6 is 7.81 Å². The number of aryl methyl sites for hydroxylation is 3. The summed E-state index contributed by atoms with van der Waals surface area (Å²) in [5, 5.41) is 0. The third-order valence-corrected chi connectivity index (χ3v) is 9.38. The van der Waals surface area contributed by atoms with Gasteiger partial charge in [-0.05, 0) is 25.3 Å². The van der Waals surface area contributed by atoms with Crippen molar-refractivity contribution < 1.29 is 29.7 Å². The molecule has 48 heavy (non-hydrogen) atoms. The van der Waals surface area contributed by atoms with E-state index in [1.54, 1.807) is 5.69 Å². The Morgan fingerprint density at radius 1 is 0.417 bits per heavy atom. The molecular weight excluding hydrogens is 639 g/mol. The number of hydrogen-bond acceptors (Lipinski definition) is 0. The molecule has 0 aliphatic rings. The number of hydrogen-bond donors (Lipinski definition) is 0. The van der Waals surface area contributed by atoms with Gasteiger partial charge in [0, 0.05) is 31.9 Å². The summed E-state index contributed by atoms with van der Waals surface area (Å²) in [4.78, 5) is 0. The van der Waals surface area contributed by atoms with Crippen LogP contribution in [-0.2, 0) is 13.0 Å². The van der Waals surface area contributed by atoms with Crippen LogP contribution in [0, 0.1) is 13.8 Å². The van der Waals surface area contributed by atoms with E-state index in [9.17, 15) is 25.2 Å². The molecule has 0 fully saturated rings. The summed E-state index contributed by atoms with van der Waals surface area (Å²) in [6.07, 6.45) is 43.1. The van der Waals surface area contributed by atoms with Crippen molar-refractivity contribution in [2.45, 2.75) is 227 Å². The fourth-order valence-electron chi connectivity index (χ4n) is 6.69. The molecule has 0 N–H and O–H groups in total. The van der Waals surface area contributed by atoms with Gasteiger partial charge in [-0.3, -0.25) is 0 Å². The minimum atomic E-state index is -10.7. The first-order valence-corrected chi connectivity index (χ1v) is 22.2. The second-order valence-corrected chi connectivity index (χ2v) is 16.5. The fraction of sp³-hybridized carbons (Fsp3) is 0.875. The molecule has 0 amide bonds. The summed E-state index contributed by atoms with van der Waals surface area (Å²) in [7, 11) is -10.7. The summed E-state index contributed by atoms with van der Waals surface area (Å²) in [6.45, 7) is 10.4. The Kier molecular flexibility index (Phi) is 26.4. The van der Waals surface area contributed by atoms with Crippen molar-refractivity contribution in [1.82, 2.24) is 0 Å². The molecular formula is C40H76F6NP.